The van der Waals surface area contributed by atoms with Crippen molar-refractivity contribution in [2.75, 3.05) is 11.4 Å². The van der Waals surface area contributed by atoms with Gasteiger partial charge in [0.15, 0.2) is 5.15 Å². The lowest BCUT2D eigenvalue weighted by molar-refractivity contribution is -0.118. The molecule has 3 N–H and O–H groups in total. The minimum atomic E-state index is -0.0541. The fourth-order valence-corrected chi connectivity index (χ4v) is 2.56. The van der Waals surface area contributed by atoms with Gasteiger partial charge in [0.1, 0.15) is 11.5 Å². The first-order valence-corrected chi connectivity index (χ1v) is 7.85. The first kappa shape index (κ1) is 16.2. The first-order chi connectivity index (χ1) is 11.7. The molecule has 0 spiro atoms. The van der Waals surface area contributed by atoms with E-state index in [1.54, 1.807) is 28.2 Å². The van der Waals surface area contributed by atoms with E-state index in [2.05, 4.69) is 31.7 Å². The van der Waals surface area contributed by atoms with Gasteiger partial charge in [0.2, 0.25) is 5.91 Å². The fraction of sp³-hybridized carbons (Fsp3) is 0.286. The van der Waals surface area contributed by atoms with E-state index in [4.69, 9.17) is 11.6 Å². The molecule has 3 heterocycles. The quantitative estimate of drug-likeness (QED) is 0.719. The highest BCUT2D eigenvalue weighted by molar-refractivity contribution is 6.32. The standard InChI is InChI=1S/C14H17ClN8O/c1-2-22(13(24)6-5-12-17-20-21-18-12)11-9-23(19-14(11)15)10-4-3-7-16-8-10/h3-4,7-9,20-21H,2,5-6H2,1H3,(H,17,18). The summed E-state index contributed by atoms with van der Waals surface area (Å²) in [5, 5.41) is 8.48. The molecule has 9 nitrogen and oxygen atoms in total. The summed E-state index contributed by atoms with van der Waals surface area (Å²) >= 11 is 6.24. The van der Waals surface area contributed by atoms with E-state index in [-0.39, 0.29) is 11.1 Å². The topological polar surface area (TPSA) is 99.5 Å². The molecule has 10 heteroatoms. The Bertz CT molecular complexity index is 744. The summed E-state index contributed by atoms with van der Waals surface area (Å²) in [7, 11) is 0. The van der Waals surface area contributed by atoms with E-state index < -0.39 is 0 Å². The zero-order valence-corrected chi connectivity index (χ0v) is 13.8. The molecule has 2 aromatic heterocycles. The number of nitrogens with zero attached hydrogens (tertiary/aromatic N) is 5. The van der Waals surface area contributed by atoms with Gasteiger partial charge in [-0.25, -0.2) is 10.2 Å². The highest BCUT2D eigenvalue weighted by Gasteiger charge is 2.21. The molecule has 0 saturated heterocycles. The average molecular weight is 349 g/mol. The van der Waals surface area contributed by atoms with Gasteiger partial charge < -0.3 is 4.90 Å². The van der Waals surface area contributed by atoms with E-state index in [9.17, 15) is 4.79 Å². The lowest BCUT2D eigenvalue weighted by Gasteiger charge is -2.19. The smallest absolute Gasteiger partial charge is 0.227 e. The maximum absolute atomic E-state index is 12.5. The first-order valence-electron chi connectivity index (χ1n) is 7.47. The summed E-state index contributed by atoms with van der Waals surface area (Å²) in [6.45, 7) is 2.39. The van der Waals surface area contributed by atoms with E-state index in [0.717, 1.165) is 5.69 Å². The van der Waals surface area contributed by atoms with Crippen LogP contribution in [0.1, 0.15) is 19.8 Å². The molecular formula is C14H17ClN8O. The highest BCUT2D eigenvalue weighted by Crippen LogP contribution is 2.26. The van der Waals surface area contributed by atoms with Crippen LogP contribution in [0.15, 0.2) is 35.8 Å². The van der Waals surface area contributed by atoms with Crippen LogP contribution in [0.25, 0.3) is 5.69 Å². The number of carbonyl (C=O) groups is 1. The Morgan fingerprint density at radius 1 is 1.46 bits per heavy atom. The van der Waals surface area contributed by atoms with Crippen LogP contribution in [0.2, 0.25) is 5.15 Å². The maximum atomic E-state index is 12.5. The van der Waals surface area contributed by atoms with E-state index in [1.165, 1.54) is 0 Å². The minimum absolute atomic E-state index is 0.0541. The molecule has 0 unspecified atom stereocenters. The summed E-state index contributed by atoms with van der Waals surface area (Å²) in [4.78, 5) is 18.2. The minimum Gasteiger partial charge on any atom is -0.308 e. The molecule has 0 radical (unpaired) electrons. The average Bonchev–Trinajstić information content (AvgIpc) is 3.25. The molecule has 0 bridgehead atoms. The summed E-state index contributed by atoms with van der Waals surface area (Å²) < 4.78 is 1.61. The number of anilines is 1. The molecule has 2 aromatic rings. The van der Waals surface area contributed by atoms with Crippen molar-refractivity contribution in [1.82, 2.24) is 31.3 Å². The molecule has 0 aliphatic carbocycles. The van der Waals surface area contributed by atoms with Gasteiger partial charge in [0.05, 0.1) is 18.1 Å². The molecule has 0 atom stereocenters. The summed E-state index contributed by atoms with van der Waals surface area (Å²) in [6.07, 6.45) is 5.88. The molecule has 0 fully saturated rings. The second-order valence-corrected chi connectivity index (χ2v) is 5.38. The van der Waals surface area contributed by atoms with Crippen LogP contribution in [0.3, 0.4) is 0 Å². The molecule has 3 rings (SSSR count). The van der Waals surface area contributed by atoms with Gasteiger partial charge in [0, 0.05) is 25.6 Å². The fourth-order valence-electron chi connectivity index (χ4n) is 2.33. The molecule has 0 aromatic carbocycles. The van der Waals surface area contributed by atoms with Crippen molar-refractivity contribution in [3.05, 3.63) is 35.9 Å². The maximum Gasteiger partial charge on any atom is 0.227 e. The number of hydrogen-bond acceptors (Lipinski definition) is 7. The van der Waals surface area contributed by atoms with Gasteiger partial charge in [-0.1, -0.05) is 11.6 Å². The van der Waals surface area contributed by atoms with Crippen molar-refractivity contribution in [3.63, 3.8) is 0 Å². The number of amides is 1. The Labute approximate surface area is 143 Å². The Hall–Kier alpha value is -2.65. The summed E-state index contributed by atoms with van der Waals surface area (Å²) in [5.41, 5.74) is 9.36. The third kappa shape index (κ3) is 3.47. The van der Waals surface area contributed by atoms with Crippen molar-refractivity contribution in [1.29, 1.82) is 0 Å². The van der Waals surface area contributed by atoms with Crippen molar-refractivity contribution in [3.8, 4) is 5.69 Å². The van der Waals surface area contributed by atoms with Gasteiger partial charge in [-0.2, -0.15) is 5.10 Å². The number of carbonyl (C=O) groups excluding carboxylic acids is 1. The number of rotatable bonds is 6. The predicted molar refractivity (Wildman–Crippen MR) is 90.5 cm³/mol. The number of hydrazine groups is 2. The van der Waals surface area contributed by atoms with E-state index in [1.807, 2.05) is 19.1 Å². The zero-order valence-electron chi connectivity index (χ0n) is 13.0. The monoisotopic (exact) mass is 348 g/mol. The molecule has 0 saturated carbocycles. The van der Waals surface area contributed by atoms with Crippen LogP contribution in [0.4, 0.5) is 5.69 Å². The zero-order chi connectivity index (χ0) is 16.9. The third-order valence-corrected chi connectivity index (χ3v) is 3.77. The summed E-state index contributed by atoms with van der Waals surface area (Å²) in [5.74, 6) is 0.623. The number of hydrogen-bond donors (Lipinski definition) is 3. The molecule has 24 heavy (non-hydrogen) atoms. The molecular weight excluding hydrogens is 332 g/mol. The van der Waals surface area contributed by atoms with Gasteiger partial charge in [-0.3, -0.25) is 15.2 Å². The second-order valence-electron chi connectivity index (χ2n) is 5.02. The molecule has 1 aliphatic rings. The lowest BCUT2D eigenvalue weighted by atomic mass is 10.2. The van der Waals surface area contributed by atoms with Gasteiger partial charge in [-0.15, -0.1) is 10.6 Å². The van der Waals surface area contributed by atoms with Crippen LogP contribution in [-0.4, -0.2) is 33.1 Å². The number of hydrazone groups is 1. The molecule has 1 amide bonds. The van der Waals surface area contributed by atoms with E-state index >= 15 is 0 Å². The Morgan fingerprint density at radius 3 is 3.00 bits per heavy atom. The molecule has 1 aliphatic heterocycles. The number of amidine groups is 1. The van der Waals surface area contributed by atoms with Crippen molar-refractivity contribution in [2.24, 2.45) is 5.10 Å². The van der Waals surface area contributed by atoms with Gasteiger partial charge >= 0.3 is 0 Å². The Morgan fingerprint density at radius 2 is 2.33 bits per heavy atom. The van der Waals surface area contributed by atoms with E-state index in [0.29, 0.717) is 30.9 Å². The van der Waals surface area contributed by atoms with Crippen LogP contribution in [0.5, 0.6) is 0 Å². The Balaban J connectivity index is 1.75. The largest absolute Gasteiger partial charge is 0.308 e. The number of halogens is 1. The lowest BCUT2D eigenvalue weighted by Crippen LogP contribution is -2.36. The SMILES string of the molecule is CCN(C(=O)CCC1=NNNN1)c1cn(-c2cccnc2)nc1Cl. The third-order valence-electron chi connectivity index (χ3n) is 3.50. The number of nitrogens with one attached hydrogen (secondary N) is 3. The van der Waals surface area contributed by atoms with Crippen LogP contribution in [0, 0.1) is 0 Å². The van der Waals surface area contributed by atoms with Crippen molar-refractivity contribution >= 4 is 29.0 Å². The second kappa shape index (κ2) is 7.28. The normalized spacial score (nSPS) is 13.2. The summed E-state index contributed by atoms with van der Waals surface area (Å²) in [6, 6.07) is 3.67. The number of pyridine rings is 1. The highest BCUT2D eigenvalue weighted by atomic mass is 35.5. The van der Waals surface area contributed by atoms with Crippen molar-refractivity contribution in [2.45, 2.75) is 19.8 Å². The van der Waals surface area contributed by atoms with Crippen molar-refractivity contribution < 1.29 is 4.79 Å². The Kier molecular flexibility index (Phi) is 4.92. The van der Waals surface area contributed by atoms with Crippen LogP contribution >= 0.6 is 11.6 Å². The number of aromatic nitrogens is 3. The van der Waals surface area contributed by atoms with Crippen LogP contribution in [-0.2, 0) is 4.79 Å². The van der Waals surface area contributed by atoms with Crippen LogP contribution < -0.4 is 21.4 Å². The predicted octanol–water partition coefficient (Wildman–Crippen LogP) is 0.980. The van der Waals surface area contributed by atoms with Gasteiger partial charge in [0.25, 0.3) is 0 Å². The van der Waals surface area contributed by atoms with Gasteiger partial charge in [-0.05, 0) is 19.1 Å². The molecule has 126 valence electrons.